The second kappa shape index (κ2) is 6.89. The minimum atomic E-state index is -0.381. The number of aromatic nitrogens is 3. The number of carbonyl (C=O) groups is 1. The van der Waals surface area contributed by atoms with Gasteiger partial charge in [-0.3, -0.25) is 14.4 Å². The summed E-state index contributed by atoms with van der Waals surface area (Å²) in [6, 6.07) is 6.58. The maximum atomic E-state index is 14.0. The van der Waals surface area contributed by atoms with E-state index in [0.717, 1.165) is 10.4 Å². The molecule has 25 heavy (non-hydrogen) atoms. The van der Waals surface area contributed by atoms with E-state index in [1.54, 1.807) is 34.8 Å². The van der Waals surface area contributed by atoms with Gasteiger partial charge in [0.25, 0.3) is 5.91 Å². The number of aryl methyl sites for hydroxylation is 2. The fourth-order valence-electron chi connectivity index (χ4n) is 2.41. The maximum Gasteiger partial charge on any atom is 0.280 e. The Kier molecular flexibility index (Phi) is 4.82. The van der Waals surface area contributed by atoms with Crippen LogP contribution in [0.25, 0.3) is 10.2 Å². The van der Waals surface area contributed by atoms with Crippen molar-refractivity contribution in [2.45, 2.75) is 6.92 Å². The molecule has 1 aromatic carbocycles. The zero-order valence-corrected chi connectivity index (χ0v) is 15.5. The molecule has 0 N–H and O–H groups in total. The number of carbonyl (C=O) groups excluding carboxylic acids is 1. The van der Waals surface area contributed by atoms with Crippen LogP contribution < -0.4 is 4.90 Å². The minimum absolute atomic E-state index is 0.231. The average molecular weight is 361 g/mol. The predicted molar refractivity (Wildman–Crippen MR) is 97.8 cm³/mol. The summed E-state index contributed by atoms with van der Waals surface area (Å²) in [5.74, 6) is -0.612. The number of hydrogen-bond donors (Lipinski definition) is 0. The summed E-state index contributed by atoms with van der Waals surface area (Å²) in [5, 5.41) is 4.75. The highest BCUT2D eigenvalue weighted by Crippen LogP contribution is 2.31. The van der Waals surface area contributed by atoms with Crippen LogP contribution in [0.4, 0.5) is 9.52 Å². The van der Waals surface area contributed by atoms with Gasteiger partial charge in [0.1, 0.15) is 11.3 Å². The Morgan fingerprint density at radius 2 is 2.08 bits per heavy atom. The Labute approximate surface area is 149 Å². The van der Waals surface area contributed by atoms with Crippen LogP contribution >= 0.6 is 11.3 Å². The van der Waals surface area contributed by atoms with Crippen molar-refractivity contribution in [3.8, 4) is 0 Å². The van der Waals surface area contributed by atoms with Gasteiger partial charge in [-0.25, -0.2) is 9.37 Å². The van der Waals surface area contributed by atoms with Crippen LogP contribution in [0.1, 0.15) is 16.2 Å². The van der Waals surface area contributed by atoms with Gasteiger partial charge in [-0.15, -0.1) is 0 Å². The van der Waals surface area contributed by atoms with Crippen LogP contribution in [0.3, 0.4) is 0 Å². The van der Waals surface area contributed by atoms with Gasteiger partial charge in [-0.05, 0) is 39.2 Å². The summed E-state index contributed by atoms with van der Waals surface area (Å²) in [6.45, 7) is 3.00. The van der Waals surface area contributed by atoms with Crippen molar-refractivity contribution >= 4 is 32.6 Å². The largest absolute Gasteiger partial charge is 0.308 e. The molecule has 0 aliphatic rings. The number of likely N-dealkylation sites (N-methyl/N-ethyl adjacent to an activating group) is 1. The Bertz CT molecular complexity index is 898. The number of hydrogen-bond acceptors (Lipinski definition) is 5. The molecule has 8 heteroatoms. The van der Waals surface area contributed by atoms with Gasteiger partial charge < -0.3 is 4.90 Å². The van der Waals surface area contributed by atoms with Crippen molar-refractivity contribution in [3.63, 3.8) is 0 Å². The highest BCUT2D eigenvalue weighted by atomic mass is 32.1. The highest BCUT2D eigenvalue weighted by molar-refractivity contribution is 7.22. The van der Waals surface area contributed by atoms with Crippen LogP contribution in [0.15, 0.2) is 24.3 Å². The molecule has 0 saturated heterocycles. The topological polar surface area (TPSA) is 54.3 Å². The summed E-state index contributed by atoms with van der Waals surface area (Å²) in [6.07, 6.45) is 0. The van der Waals surface area contributed by atoms with Crippen LogP contribution in [-0.4, -0.2) is 52.8 Å². The smallest absolute Gasteiger partial charge is 0.280 e. The molecule has 0 spiro atoms. The van der Waals surface area contributed by atoms with Gasteiger partial charge in [0.2, 0.25) is 0 Å². The van der Waals surface area contributed by atoms with Gasteiger partial charge in [0, 0.05) is 25.8 Å². The molecule has 3 aromatic rings. The van der Waals surface area contributed by atoms with Crippen molar-refractivity contribution < 1.29 is 9.18 Å². The number of para-hydroxylation sites is 1. The molecule has 132 valence electrons. The first-order chi connectivity index (χ1) is 11.9. The maximum absolute atomic E-state index is 14.0. The number of nitrogens with zero attached hydrogens (tertiary/aromatic N) is 5. The molecule has 0 fully saturated rings. The second-order valence-corrected chi connectivity index (χ2v) is 7.15. The number of rotatable bonds is 5. The molecule has 0 aliphatic heterocycles. The minimum Gasteiger partial charge on any atom is -0.308 e. The van der Waals surface area contributed by atoms with Crippen LogP contribution in [0, 0.1) is 12.7 Å². The number of amides is 1. The first-order valence-corrected chi connectivity index (χ1v) is 8.70. The number of fused-ring (bicyclic) bond motifs is 1. The molecule has 0 unspecified atom stereocenters. The molecule has 3 rings (SSSR count). The van der Waals surface area contributed by atoms with Crippen molar-refractivity contribution in [1.82, 2.24) is 19.7 Å². The molecule has 0 saturated carbocycles. The lowest BCUT2D eigenvalue weighted by atomic mass is 10.3. The Morgan fingerprint density at radius 3 is 2.68 bits per heavy atom. The fraction of sp³-hybridized carbons (Fsp3) is 0.353. The number of benzene rings is 1. The third kappa shape index (κ3) is 3.54. The van der Waals surface area contributed by atoms with Gasteiger partial charge >= 0.3 is 0 Å². The van der Waals surface area contributed by atoms with Crippen molar-refractivity contribution in [3.05, 3.63) is 41.5 Å². The monoisotopic (exact) mass is 361 g/mol. The van der Waals surface area contributed by atoms with Gasteiger partial charge in [0.05, 0.1) is 4.70 Å². The van der Waals surface area contributed by atoms with Crippen LogP contribution in [-0.2, 0) is 7.05 Å². The number of anilines is 1. The molecule has 6 nitrogen and oxygen atoms in total. The second-order valence-electron chi connectivity index (χ2n) is 6.14. The van der Waals surface area contributed by atoms with Crippen molar-refractivity contribution in [1.29, 1.82) is 0 Å². The van der Waals surface area contributed by atoms with E-state index in [9.17, 15) is 9.18 Å². The van der Waals surface area contributed by atoms with E-state index in [0.29, 0.717) is 29.4 Å². The molecule has 0 radical (unpaired) electrons. The summed E-state index contributed by atoms with van der Waals surface area (Å²) in [7, 11) is 5.67. The van der Waals surface area contributed by atoms with Crippen LogP contribution in [0.5, 0.6) is 0 Å². The average Bonchev–Trinajstić information content (AvgIpc) is 3.12. The molecular formula is C17H20FN5OS. The van der Waals surface area contributed by atoms with E-state index in [1.165, 1.54) is 17.4 Å². The standard InChI is InChI=1S/C17H20FN5OS/c1-11-10-13(20-22(11)4)16(24)23(9-8-21(2)3)17-19-15-12(18)6-5-7-14(15)25-17/h5-7,10H,8-9H2,1-4H3. The van der Waals surface area contributed by atoms with E-state index in [-0.39, 0.29) is 11.7 Å². The first-order valence-electron chi connectivity index (χ1n) is 7.89. The number of halogens is 1. The SMILES string of the molecule is Cc1cc(C(=O)N(CCN(C)C)c2nc3c(F)cccc3s2)nn1C. The quantitative estimate of drug-likeness (QED) is 0.701. The zero-order valence-electron chi connectivity index (χ0n) is 14.7. The highest BCUT2D eigenvalue weighted by Gasteiger charge is 2.24. The zero-order chi connectivity index (χ0) is 18.1. The number of thiazole rings is 1. The summed E-state index contributed by atoms with van der Waals surface area (Å²) >= 11 is 1.31. The normalized spacial score (nSPS) is 11.4. The molecule has 1 amide bonds. The molecule has 2 heterocycles. The van der Waals surface area contributed by atoms with E-state index < -0.39 is 0 Å². The molecular weight excluding hydrogens is 341 g/mol. The fourth-order valence-corrected chi connectivity index (χ4v) is 3.41. The van der Waals surface area contributed by atoms with Crippen molar-refractivity contribution in [2.75, 3.05) is 32.1 Å². The third-order valence-corrected chi connectivity index (χ3v) is 4.98. The third-order valence-electron chi connectivity index (χ3n) is 3.94. The van der Waals surface area contributed by atoms with Crippen LogP contribution in [0.2, 0.25) is 0 Å². The first kappa shape index (κ1) is 17.5. The Balaban J connectivity index is 2.00. The summed E-state index contributed by atoms with van der Waals surface area (Å²) in [4.78, 5) is 20.9. The summed E-state index contributed by atoms with van der Waals surface area (Å²) < 4.78 is 16.4. The molecule has 2 aromatic heterocycles. The molecule has 0 atom stereocenters. The lowest BCUT2D eigenvalue weighted by Gasteiger charge is -2.21. The Hall–Kier alpha value is -2.32. The predicted octanol–water partition coefficient (Wildman–Crippen LogP) is 2.69. The van der Waals surface area contributed by atoms with E-state index >= 15 is 0 Å². The lowest BCUT2D eigenvalue weighted by Crippen LogP contribution is -2.37. The molecule has 0 aliphatic carbocycles. The molecule has 0 bridgehead atoms. The van der Waals surface area contributed by atoms with Crippen molar-refractivity contribution in [2.24, 2.45) is 7.05 Å². The summed E-state index contributed by atoms with van der Waals surface area (Å²) in [5.41, 5.74) is 1.55. The lowest BCUT2D eigenvalue weighted by molar-refractivity contribution is 0.0979. The van der Waals surface area contributed by atoms with Gasteiger partial charge in [0.15, 0.2) is 10.8 Å². The van der Waals surface area contributed by atoms with Gasteiger partial charge in [-0.1, -0.05) is 17.4 Å². The van der Waals surface area contributed by atoms with E-state index in [2.05, 4.69) is 10.1 Å². The van der Waals surface area contributed by atoms with E-state index in [1.807, 2.05) is 25.9 Å². The van der Waals surface area contributed by atoms with Gasteiger partial charge in [-0.2, -0.15) is 5.10 Å². The Morgan fingerprint density at radius 1 is 1.32 bits per heavy atom. The van der Waals surface area contributed by atoms with E-state index in [4.69, 9.17) is 0 Å².